The zero-order valence-electron chi connectivity index (χ0n) is 22.2. The lowest BCUT2D eigenvalue weighted by Gasteiger charge is -2.62. The lowest BCUT2D eigenvalue weighted by molar-refractivity contribution is -0.143. The molecule has 0 saturated heterocycles. The number of hydrogen-bond donors (Lipinski definition) is 1. The van der Waals surface area contributed by atoms with Gasteiger partial charge in [0.2, 0.25) is 0 Å². The number of aliphatic hydroxyl groups is 1. The van der Waals surface area contributed by atoms with Gasteiger partial charge in [0.15, 0.2) is 0 Å². The highest BCUT2D eigenvalue weighted by molar-refractivity contribution is 5.87. The van der Waals surface area contributed by atoms with Gasteiger partial charge in [-0.05, 0) is 129 Å². The molecular formula is C32H44N2O. The molecule has 4 aliphatic carbocycles. The van der Waals surface area contributed by atoms with Crippen LogP contribution in [0.25, 0.3) is 16.3 Å². The molecule has 8 atom stereocenters. The summed E-state index contributed by atoms with van der Waals surface area (Å²) in [5.41, 5.74) is 2.24. The van der Waals surface area contributed by atoms with Crippen LogP contribution in [0.2, 0.25) is 0 Å². The fraction of sp³-hybridized carbons (Fsp3) is 0.656. The van der Waals surface area contributed by atoms with Gasteiger partial charge in [0.05, 0.1) is 5.60 Å². The maximum absolute atomic E-state index is 12.3. The molecule has 1 aromatic carbocycles. The monoisotopic (exact) mass is 472 g/mol. The van der Waals surface area contributed by atoms with Gasteiger partial charge in [-0.3, -0.25) is 4.98 Å². The summed E-state index contributed by atoms with van der Waals surface area (Å²) in [4.78, 5) is 6.83. The predicted molar refractivity (Wildman–Crippen MR) is 145 cm³/mol. The molecule has 1 aromatic heterocycles. The number of hydrogen-bond acceptors (Lipinski definition) is 3. The summed E-state index contributed by atoms with van der Waals surface area (Å²) in [5, 5.41) is 14.7. The number of fused-ring (bicyclic) bond motifs is 6. The third kappa shape index (κ3) is 3.55. The first-order chi connectivity index (χ1) is 16.9. The number of allylic oxidation sites excluding steroid dienone is 1. The van der Waals surface area contributed by atoms with Crippen LogP contribution in [0.4, 0.5) is 0 Å². The third-order valence-corrected chi connectivity index (χ3v) is 11.5. The topological polar surface area (TPSA) is 36.4 Å². The minimum atomic E-state index is -0.658. The van der Waals surface area contributed by atoms with E-state index in [0.29, 0.717) is 17.3 Å². The molecule has 3 fully saturated rings. The second-order valence-corrected chi connectivity index (χ2v) is 12.8. The van der Waals surface area contributed by atoms with E-state index in [1.54, 1.807) is 0 Å². The van der Waals surface area contributed by atoms with E-state index >= 15 is 0 Å². The van der Waals surface area contributed by atoms with Crippen LogP contribution in [0.1, 0.15) is 77.2 Å². The highest BCUT2D eigenvalue weighted by Gasteiger charge is 2.60. The van der Waals surface area contributed by atoms with E-state index in [2.05, 4.69) is 68.2 Å². The molecule has 35 heavy (non-hydrogen) atoms. The summed E-state index contributed by atoms with van der Waals surface area (Å²) >= 11 is 0. The Morgan fingerprint density at radius 2 is 1.83 bits per heavy atom. The van der Waals surface area contributed by atoms with Crippen molar-refractivity contribution in [2.75, 3.05) is 14.1 Å². The molecule has 0 bridgehead atoms. The molecule has 1 N–H and O–H groups in total. The maximum atomic E-state index is 12.3. The molecule has 0 amide bonds. The van der Waals surface area contributed by atoms with E-state index in [1.165, 1.54) is 66.9 Å². The molecule has 8 unspecified atom stereocenters. The molecule has 3 heteroatoms. The van der Waals surface area contributed by atoms with Gasteiger partial charge in [0.1, 0.15) is 0 Å². The van der Waals surface area contributed by atoms with E-state index in [-0.39, 0.29) is 0 Å². The maximum Gasteiger partial charge on any atom is 0.0933 e. The van der Waals surface area contributed by atoms with Gasteiger partial charge >= 0.3 is 0 Å². The van der Waals surface area contributed by atoms with Crippen LogP contribution in [0.3, 0.4) is 0 Å². The molecule has 0 radical (unpaired) electrons. The minimum absolute atomic E-state index is 0.391. The van der Waals surface area contributed by atoms with Gasteiger partial charge in [0, 0.05) is 23.8 Å². The van der Waals surface area contributed by atoms with Gasteiger partial charge < -0.3 is 10.0 Å². The smallest absolute Gasteiger partial charge is 0.0933 e. The highest BCUT2D eigenvalue weighted by atomic mass is 16.3. The van der Waals surface area contributed by atoms with E-state index in [4.69, 9.17) is 0 Å². The number of rotatable bonds is 4. The summed E-state index contributed by atoms with van der Waals surface area (Å²) in [7, 11) is 4.58. The zero-order chi connectivity index (χ0) is 24.4. The Balaban J connectivity index is 1.29. The first-order valence-corrected chi connectivity index (χ1v) is 14.3. The molecule has 3 saturated carbocycles. The predicted octanol–water partition coefficient (Wildman–Crippen LogP) is 6.95. The Labute approximate surface area is 212 Å². The Hall–Kier alpha value is -1.71. The van der Waals surface area contributed by atoms with Crippen molar-refractivity contribution in [3.63, 3.8) is 0 Å². The summed E-state index contributed by atoms with van der Waals surface area (Å²) in [6, 6.07) is 9.47. The van der Waals surface area contributed by atoms with Gasteiger partial charge in [-0.1, -0.05) is 38.5 Å². The zero-order valence-corrected chi connectivity index (χ0v) is 22.2. The number of benzene rings is 1. The Morgan fingerprint density at radius 3 is 2.63 bits per heavy atom. The van der Waals surface area contributed by atoms with Crippen molar-refractivity contribution in [2.45, 2.75) is 83.3 Å². The van der Waals surface area contributed by atoms with Crippen molar-refractivity contribution in [1.29, 1.82) is 0 Å². The second kappa shape index (κ2) is 8.70. The molecule has 6 rings (SSSR count). The van der Waals surface area contributed by atoms with Crippen LogP contribution < -0.4 is 0 Å². The molecule has 2 aromatic rings. The Kier molecular flexibility index (Phi) is 5.88. The van der Waals surface area contributed by atoms with Crippen LogP contribution >= 0.6 is 0 Å². The van der Waals surface area contributed by atoms with Gasteiger partial charge in [0.25, 0.3) is 0 Å². The Morgan fingerprint density at radius 1 is 1.03 bits per heavy atom. The summed E-state index contributed by atoms with van der Waals surface area (Å²) in [6.45, 7) is 4.96. The van der Waals surface area contributed by atoms with E-state index in [9.17, 15) is 5.11 Å². The molecule has 3 nitrogen and oxygen atoms in total. The SMILES string of the molecule is CCC(C)C12CCC3C(CCC4(O)C(c5ccc6ccncc6c5)=CCC34)C1CCC(N(C)C)C2. The largest absolute Gasteiger partial charge is 0.385 e. The first-order valence-electron chi connectivity index (χ1n) is 14.3. The lowest BCUT2D eigenvalue weighted by Crippen LogP contribution is -2.58. The quantitative estimate of drug-likeness (QED) is 0.523. The second-order valence-electron chi connectivity index (χ2n) is 12.8. The molecule has 0 aliphatic heterocycles. The van der Waals surface area contributed by atoms with Crippen LogP contribution in [-0.4, -0.2) is 40.7 Å². The normalized spacial score (nSPS) is 39.6. The van der Waals surface area contributed by atoms with Gasteiger partial charge in [-0.15, -0.1) is 0 Å². The standard InChI is InChI=1S/C32H44N2O/c1-5-21(2)31-15-12-27-26(29(31)9-8-25(19-31)34(3)4)13-16-32(35)28(10-11-30(27)32)23-7-6-22-14-17-33-20-24(22)18-23/h6-7,10,14,17-18,20-21,25-27,29-30,35H,5,8-9,11-13,15-16,19H2,1-4H3. The van der Waals surface area contributed by atoms with Crippen molar-refractivity contribution >= 4 is 16.3 Å². The highest BCUT2D eigenvalue weighted by Crippen LogP contribution is 2.66. The molecule has 4 aliphatic rings. The van der Waals surface area contributed by atoms with Crippen LogP contribution in [-0.2, 0) is 0 Å². The van der Waals surface area contributed by atoms with Crippen molar-refractivity contribution in [1.82, 2.24) is 9.88 Å². The summed E-state index contributed by atoms with van der Waals surface area (Å²) in [5.74, 6) is 3.48. The fourth-order valence-electron chi connectivity index (χ4n) is 9.47. The van der Waals surface area contributed by atoms with E-state index < -0.39 is 5.60 Å². The molecule has 1 heterocycles. The average molecular weight is 473 g/mol. The Bertz CT molecular complexity index is 1120. The number of pyridine rings is 1. The molecule has 0 spiro atoms. The van der Waals surface area contributed by atoms with Gasteiger partial charge in [-0.2, -0.15) is 0 Å². The van der Waals surface area contributed by atoms with E-state index in [1.807, 2.05) is 12.4 Å². The average Bonchev–Trinajstić information content (AvgIpc) is 3.24. The fourth-order valence-corrected chi connectivity index (χ4v) is 9.47. The van der Waals surface area contributed by atoms with Crippen LogP contribution in [0.15, 0.2) is 42.7 Å². The molecule has 188 valence electrons. The summed E-state index contributed by atoms with van der Waals surface area (Å²) < 4.78 is 0. The summed E-state index contributed by atoms with van der Waals surface area (Å²) in [6.07, 6.45) is 17.5. The molecular weight excluding hydrogens is 428 g/mol. The van der Waals surface area contributed by atoms with Crippen LogP contribution in [0.5, 0.6) is 0 Å². The van der Waals surface area contributed by atoms with Crippen molar-refractivity contribution in [3.05, 3.63) is 48.3 Å². The third-order valence-electron chi connectivity index (χ3n) is 11.5. The first kappa shape index (κ1) is 23.7. The van der Waals surface area contributed by atoms with Crippen LogP contribution in [0, 0.1) is 35.0 Å². The van der Waals surface area contributed by atoms with Gasteiger partial charge in [-0.25, -0.2) is 0 Å². The van der Waals surface area contributed by atoms with Crippen molar-refractivity contribution < 1.29 is 5.11 Å². The van der Waals surface area contributed by atoms with Crippen molar-refractivity contribution in [3.8, 4) is 0 Å². The van der Waals surface area contributed by atoms with E-state index in [0.717, 1.165) is 36.6 Å². The van der Waals surface area contributed by atoms with Crippen molar-refractivity contribution in [2.24, 2.45) is 35.0 Å². The number of nitrogens with zero attached hydrogens (tertiary/aromatic N) is 2. The minimum Gasteiger partial charge on any atom is -0.385 e. The number of aromatic nitrogens is 1. The lowest BCUT2D eigenvalue weighted by atomic mass is 9.44.